The SMILES string of the molecule is CN(CC(O)CCl)c1ccccc1C(=O)c1ccccc1. The van der Waals surface area contributed by atoms with Crippen molar-refractivity contribution in [1.29, 1.82) is 0 Å². The number of para-hydroxylation sites is 1. The molecule has 4 heteroatoms. The van der Waals surface area contributed by atoms with E-state index in [1.807, 2.05) is 48.3 Å². The zero-order chi connectivity index (χ0) is 15.2. The number of nitrogens with zero attached hydrogens (tertiary/aromatic N) is 1. The maximum atomic E-state index is 12.6. The number of rotatable bonds is 6. The van der Waals surface area contributed by atoms with Crippen molar-refractivity contribution < 1.29 is 9.90 Å². The van der Waals surface area contributed by atoms with Crippen LogP contribution in [-0.2, 0) is 0 Å². The lowest BCUT2D eigenvalue weighted by atomic mass is 10.0. The average molecular weight is 304 g/mol. The molecular weight excluding hydrogens is 286 g/mol. The normalized spacial score (nSPS) is 12.0. The van der Waals surface area contributed by atoms with E-state index in [2.05, 4.69) is 0 Å². The van der Waals surface area contributed by atoms with Crippen LogP contribution in [0.3, 0.4) is 0 Å². The van der Waals surface area contributed by atoms with Gasteiger partial charge in [-0.1, -0.05) is 42.5 Å². The number of benzene rings is 2. The molecular formula is C17H18ClNO2. The van der Waals surface area contributed by atoms with Gasteiger partial charge < -0.3 is 10.0 Å². The molecule has 0 heterocycles. The van der Waals surface area contributed by atoms with Crippen LogP contribution >= 0.6 is 11.6 Å². The predicted octanol–water partition coefficient (Wildman–Crippen LogP) is 2.95. The Bertz CT molecular complexity index is 601. The lowest BCUT2D eigenvalue weighted by Crippen LogP contribution is -2.31. The number of anilines is 1. The number of aliphatic hydroxyl groups excluding tert-OH is 1. The maximum Gasteiger partial charge on any atom is 0.195 e. The minimum Gasteiger partial charge on any atom is -0.390 e. The zero-order valence-electron chi connectivity index (χ0n) is 11.9. The first-order chi connectivity index (χ1) is 10.1. The summed E-state index contributed by atoms with van der Waals surface area (Å²) in [4.78, 5) is 14.5. The van der Waals surface area contributed by atoms with Crippen molar-refractivity contribution in [2.45, 2.75) is 6.10 Å². The van der Waals surface area contributed by atoms with E-state index in [-0.39, 0.29) is 11.7 Å². The van der Waals surface area contributed by atoms with Crippen LogP contribution < -0.4 is 4.90 Å². The van der Waals surface area contributed by atoms with Gasteiger partial charge in [0.1, 0.15) is 0 Å². The van der Waals surface area contributed by atoms with Gasteiger partial charge in [-0.3, -0.25) is 4.79 Å². The fourth-order valence-corrected chi connectivity index (χ4v) is 2.30. The molecule has 1 unspecified atom stereocenters. The van der Waals surface area contributed by atoms with Crippen LogP contribution in [0.15, 0.2) is 54.6 Å². The molecule has 0 saturated heterocycles. The standard InChI is InChI=1S/C17H18ClNO2/c1-19(12-14(20)11-18)16-10-6-5-9-15(16)17(21)13-7-3-2-4-8-13/h2-10,14,20H,11-12H2,1H3. The summed E-state index contributed by atoms with van der Waals surface area (Å²) in [5.41, 5.74) is 2.06. The summed E-state index contributed by atoms with van der Waals surface area (Å²) in [6, 6.07) is 16.6. The zero-order valence-corrected chi connectivity index (χ0v) is 12.6. The monoisotopic (exact) mass is 303 g/mol. The topological polar surface area (TPSA) is 40.5 Å². The fraction of sp³-hybridized carbons (Fsp3) is 0.235. The molecule has 3 nitrogen and oxygen atoms in total. The van der Waals surface area contributed by atoms with Crippen LogP contribution in [0.4, 0.5) is 5.69 Å². The molecule has 1 N–H and O–H groups in total. The lowest BCUT2D eigenvalue weighted by Gasteiger charge is -2.24. The first-order valence-electron chi connectivity index (χ1n) is 6.77. The van der Waals surface area contributed by atoms with Gasteiger partial charge in [0, 0.05) is 30.4 Å². The molecule has 0 fully saturated rings. The molecule has 0 saturated carbocycles. The number of likely N-dealkylation sites (N-methyl/N-ethyl adjacent to an activating group) is 1. The minimum absolute atomic E-state index is 0.0292. The van der Waals surface area contributed by atoms with Crippen molar-refractivity contribution in [3.05, 3.63) is 65.7 Å². The molecule has 21 heavy (non-hydrogen) atoms. The summed E-state index contributed by atoms with van der Waals surface area (Å²) in [7, 11) is 1.84. The summed E-state index contributed by atoms with van der Waals surface area (Å²) in [6.07, 6.45) is -0.628. The number of carbonyl (C=O) groups excluding carboxylic acids is 1. The Labute approximate surface area is 129 Å². The second-order valence-corrected chi connectivity index (χ2v) is 5.21. The quantitative estimate of drug-likeness (QED) is 0.659. The van der Waals surface area contributed by atoms with E-state index in [4.69, 9.17) is 11.6 Å². The summed E-state index contributed by atoms with van der Waals surface area (Å²) in [5.74, 6) is 0.137. The summed E-state index contributed by atoms with van der Waals surface area (Å²) >= 11 is 5.64. The molecule has 0 radical (unpaired) electrons. The second-order valence-electron chi connectivity index (χ2n) is 4.90. The number of ketones is 1. The van der Waals surface area contributed by atoms with E-state index in [9.17, 15) is 9.90 Å². The Morgan fingerprint density at radius 2 is 1.76 bits per heavy atom. The van der Waals surface area contributed by atoms with Gasteiger partial charge >= 0.3 is 0 Å². The number of alkyl halides is 1. The molecule has 0 aliphatic heterocycles. The van der Waals surface area contributed by atoms with E-state index in [1.54, 1.807) is 18.2 Å². The van der Waals surface area contributed by atoms with Crippen LogP contribution in [0.2, 0.25) is 0 Å². The van der Waals surface area contributed by atoms with Gasteiger partial charge in [-0.2, -0.15) is 0 Å². The molecule has 0 bridgehead atoms. The van der Waals surface area contributed by atoms with Crippen molar-refractivity contribution in [3.63, 3.8) is 0 Å². The Morgan fingerprint density at radius 3 is 2.43 bits per heavy atom. The van der Waals surface area contributed by atoms with Gasteiger partial charge in [-0.05, 0) is 12.1 Å². The van der Waals surface area contributed by atoms with Gasteiger partial charge in [0.15, 0.2) is 5.78 Å². The molecule has 1 atom stereocenters. The van der Waals surface area contributed by atoms with Crippen molar-refractivity contribution in [2.75, 3.05) is 24.4 Å². The van der Waals surface area contributed by atoms with Crippen LogP contribution in [0.5, 0.6) is 0 Å². The molecule has 0 amide bonds. The van der Waals surface area contributed by atoms with Crippen LogP contribution in [-0.4, -0.2) is 36.5 Å². The fourth-order valence-electron chi connectivity index (χ4n) is 2.21. The van der Waals surface area contributed by atoms with Crippen LogP contribution in [0.25, 0.3) is 0 Å². The van der Waals surface area contributed by atoms with E-state index >= 15 is 0 Å². The number of hydrogen-bond donors (Lipinski definition) is 1. The highest BCUT2D eigenvalue weighted by atomic mass is 35.5. The molecule has 0 aliphatic rings. The molecule has 2 aromatic rings. The van der Waals surface area contributed by atoms with Crippen molar-refractivity contribution in [1.82, 2.24) is 0 Å². The predicted molar refractivity (Wildman–Crippen MR) is 86.3 cm³/mol. The van der Waals surface area contributed by atoms with Gasteiger partial charge in [-0.15, -0.1) is 11.6 Å². The molecule has 2 rings (SSSR count). The lowest BCUT2D eigenvalue weighted by molar-refractivity contribution is 0.103. The van der Waals surface area contributed by atoms with Crippen molar-refractivity contribution >= 4 is 23.1 Å². The van der Waals surface area contributed by atoms with E-state index in [0.717, 1.165) is 5.69 Å². The third-order valence-electron chi connectivity index (χ3n) is 3.26. The highest BCUT2D eigenvalue weighted by Gasteiger charge is 2.16. The Morgan fingerprint density at radius 1 is 1.14 bits per heavy atom. The Hall–Kier alpha value is -1.84. The molecule has 2 aromatic carbocycles. The van der Waals surface area contributed by atoms with Gasteiger partial charge in [0.2, 0.25) is 0 Å². The van der Waals surface area contributed by atoms with Gasteiger partial charge in [0.25, 0.3) is 0 Å². The summed E-state index contributed by atoms with van der Waals surface area (Å²) < 4.78 is 0. The highest BCUT2D eigenvalue weighted by molar-refractivity contribution is 6.18. The Balaban J connectivity index is 2.31. The highest BCUT2D eigenvalue weighted by Crippen LogP contribution is 2.22. The molecule has 110 valence electrons. The van der Waals surface area contributed by atoms with Gasteiger partial charge in [-0.25, -0.2) is 0 Å². The smallest absolute Gasteiger partial charge is 0.195 e. The second kappa shape index (κ2) is 7.25. The summed E-state index contributed by atoms with van der Waals surface area (Å²) in [5, 5.41) is 9.68. The third-order valence-corrected chi connectivity index (χ3v) is 3.61. The van der Waals surface area contributed by atoms with E-state index in [0.29, 0.717) is 17.7 Å². The van der Waals surface area contributed by atoms with Crippen LogP contribution in [0, 0.1) is 0 Å². The molecule has 0 spiro atoms. The van der Waals surface area contributed by atoms with Crippen molar-refractivity contribution in [2.24, 2.45) is 0 Å². The third kappa shape index (κ3) is 3.84. The first-order valence-corrected chi connectivity index (χ1v) is 7.31. The largest absolute Gasteiger partial charge is 0.390 e. The number of hydrogen-bond acceptors (Lipinski definition) is 3. The maximum absolute atomic E-state index is 12.6. The van der Waals surface area contributed by atoms with Crippen LogP contribution in [0.1, 0.15) is 15.9 Å². The minimum atomic E-state index is -0.628. The Kier molecular flexibility index (Phi) is 5.37. The van der Waals surface area contributed by atoms with Crippen molar-refractivity contribution in [3.8, 4) is 0 Å². The summed E-state index contributed by atoms with van der Waals surface area (Å²) in [6.45, 7) is 0.378. The number of aliphatic hydroxyl groups is 1. The van der Waals surface area contributed by atoms with E-state index < -0.39 is 6.10 Å². The number of carbonyl (C=O) groups is 1. The van der Waals surface area contributed by atoms with E-state index in [1.165, 1.54) is 0 Å². The average Bonchev–Trinajstić information content (AvgIpc) is 2.54. The number of halogens is 1. The first kappa shape index (κ1) is 15.5. The molecule has 0 aromatic heterocycles. The molecule has 0 aliphatic carbocycles. The van der Waals surface area contributed by atoms with Gasteiger partial charge in [0.05, 0.1) is 12.0 Å².